The summed E-state index contributed by atoms with van der Waals surface area (Å²) < 4.78 is 0. The number of carboxylic acids is 2. The van der Waals surface area contributed by atoms with Gasteiger partial charge in [-0.25, -0.2) is 4.79 Å². The molecule has 23 N–H and O–H groups in total. The molecule has 0 saturated carbocycles. The fraction of sp³-hybridized carbons (Fsp3) is 0.787. The fourth-order valence-electron chi connectivity index (χ4n) is 7.54. The molecule has 0 aromatic heterocycles. The maximum Gasteiger partial charge on any atom is 0.326 e. The normalized spacial score (nSPS) is 14.9. The molecule has 0 fully saturated rings. The van der Waals surface area contributed by atoms with Gasteiger partial charge in [0, 0.05) is 13.0 Å². The highest BCUT2D eigenvalue weighted by Crippen LogP contribution is 2.14. The summed E-state index contributed by atoms with van der Waals surface area (Å²) in [6.45, 7) is 8.59. The van der Waals surface area contributed by atoms with Gasteiger partial charge in [-0.1, -0.05) is 34.1 Å². The lowest BCUT2D eigenvalue weighted by atomic mass is 9.96. The Labute approximate surface area is 430 Å². The van der Waals surface area contributed by atoms with Crippen LogP contribution in [0.25, 0.3) is 0 Å². The van der Waals surface area contributed by atoms with Crippen LogP contribution in [-0.4, -0.2) is 151 Å². The van der Waals surface area contributed by atoms with E-state index in [1.807, 2.05) is 20.8 Å². The number of carbonyl (C=O) groups is 9. The van der Waals surface area contributed by atoms with Gasteiger partial charge in [0.25, 0.3) is 0 Å². The minimum atomic E-state index is -1.57. The average molecular weight is 1040 g/mol. The predicted molar refractivity (Wildman–Crippen MR) is 276 cm³/mol. The van der Waals surface area contributed by atoms with Crippen LogP contribution in [-0.2, 0) is 43.2 Å². The zero-order valence-corrected chi connectivity index (χ0v) is 43.6. The molecule has 73 heavy (non-hydrogen) atoms. The van der Waals surface area contributed by atoms with E-state index in [1.165, 1.54) is 0 Å². The Morgan fingerprint density at radius 2 is 0.808 bits per heavy atom. The largest absolute Gasteiger partial charge is 0.481 e. The van der Waals surface area contributed by atoms with E-state index in [-0.39, 0.29) is 83.1 Å². The van der Waals surface area contributed by atoms with E-state index in [2.05, 4.69) is 42.2 Å². The molecule has 0 unspecified atom stereocenters. The summed E-state index contributed by atoms with van der Waals surface area (Å²) >= 11 is 0. The molecular formula is C47H91N15O11. The van der Waals surface area contributed by atoms with Crippen molar-refractivity contribution in [1.29, 1.82) is 0 Å². The summed E-state index contributed by atoms with van der Waals surface area (Å²) in [5.41, 5.74) is 40.0. The summed E-state index contributed by atoms with van der Waals surface area (Å²) in [5, 5.41) is 37.4. The molecule has 0 radical (unpaired) electrons. The van der Waals surface area contributed by atoms with Crippen LogP contribution >= 0.6 is 0 Å². The summed E-state index contributed by atoms with van der Waals surface area (Å²) in [4.78, 5) is 124. The fourth-order valence-corrected chi connectivity index (χ4v) is 7.54. The van der Waals surface area contributed by atoms with E-state index in [1.54, 1.807) is 6.92 Å². The smallest absolute Gasteiger partial charge is 0.326 e. The summed E-state index contributed by atoms with van der Waals surface area (Å²) in [7, 11) is 0. The van der Waals surface area contributed by atoms with Crippen LogP contribution in [0, 0.1) is 11.8 Å². The number of nitrogens with zero attached hydrogens (tertiary/aromatic N) is 1. The van der Waals surface area contributed by atoms with E-state index in [4.69, 9.17) is 45.2 Å². The molecule has 420 valence electrons. The number of hydrogen-bond acceptors (Lipinski definition) is 15. The standard InChI is InChI=1S/C47H91N15O11/c1-5-29(4)38(62-44(70)35(19-14-26-55-47(53)54)56-39(65)30(52)27-28(2)3)45(71)60-34(18-9-13-25-51)42(68)58-32(16-7-11-23-49)40(66)57-31(15-6-10-22-48)41(67)59-33(17-8-12-24-50)43(69)61-36(46(72)73)20-21-37(63)64/h28-36,38H,5-27,48-52H2,1-4H3,(H,56,65)(H,57,66)(H,58,68)(H,59,67)(H,60,71)(H,61,69)(H,62,70)(H,63,64)(H,72,73)(H4,53,54,55)/t29-,30-,31-,32-,33-,34-,35-,36-,38-/m0/s1. The van der Waals surface area contributed by atoms with Gasteiger partial charge in [-0.05, 0) is 141 Å². The number of rotatable bonds is 42. The molecule has 0 aliphatic rings. The summed E-state index contributed by atoms with van der Waals surface area (Å²) in [5.74, 6) is -8.39. The monoisotopic (exact) mass is 1040 g/mol. The van der Waals surface area contributed by atoms with Gasteiger partial charge in [-0.15, -0.1) is 0 Å². The Hall–Kier alpha value is -5.70. The van der Waals surface area contributed by atoms with Gasteiger partial charge in [0.15, 0.2) is 5.96 Å². The van der Waals surface area contributed by atoms with E-state index in [0.29, 0.717) is 64.2 Å². The van der Waals surface area contributed by atoms with Crippen LogP contribution in [0.3, 0.4) is 0 Å². The molecular weight excluding hydrogens is 951 g/mol. The van der Waals surface area contributed by atoms with Crippen LogP contribution in [0.2, 0.25) is 0 Å². The van der Waals surface area contributed by atoms with E-state index in [9.17, 15) is 48.3 Å². The number of carbonyl (C=O) groups excluding carboxylic acids is 7. The number of carboxylic acid groups (broad SMARTS) is 2. The number of amides is 7. The minimum absolute atomic E-state index is 0.0328. The first kappa shape index (κ1) is 67.3. The molecule has 0 saturated heterocycles. The first-order valence-electron chi connectivity index (χ1n) is 25.7. The van der Waals surface area contributed by atoms with Crippen molar-refractivity contribution >= 4 is 59.2 Å². The molecule has 0 spiro atoms. The number of aliphatic imine (C=N–C) groups is 1. The van der Waals surface area contributed by atoms with Crippen LogP contribution < -0.4 is 77.4 Å². The highest BCUT2D eigenvalue weighted by atomic mass is 16.4. The van der Waals surface area contributed by atoms with Crippen molar-refractivity contribution in [2.45, 2.75) is 192 Å². The van der Waals surface area contributed by atoms with Crippen molar-refractivity contribution in [3.8, 4) is 0 Å². The number of unbranched alkanes of at least 4 members (excludes halogenated alkanes) is 4. The molecule has 7 amide bonds. The second-order valence-electron chi connectivity index (χ2n) is 18.8. The van der Waals surface area contributed by atoms with Gasteiger partial charge in [-0.3, -0.25) is 43.3 Å². The van der Waals surface area contributed by atoms with E-state index in [0.717, 1.165) is 0 Å². The Morgan fingerprint density at radius 1 is 0.466 bits per heavy atom. The van der Waals surface area contributed by atoms with Crippen LogP contribution in [0.15, 0.2) is 4.99 Å². The minimum Gasteiger partial charge on any atom is -0.481 e. The molecule has 0 aromatic carbocycles. The molecule has 26 nitrogen and oxygen atoms in total. The second kappa shape index (κ2) is 38.9. The molecule has 0 rings (SSSR count). The molecule has 26 heteroatoms. The van der Waals surface area contributed by atoms with Crippen molar-refractivity contribution in [3.63, 3.8) is 0 Å². The van der Waals surface area contributed by atoms with E-state index >= 15 is 0 Å². The number of guanidine groups is 1. The van der Waals surface area contributed by atoms with Crippen molar-refractivity contribution < 1.29 is 53.4 Å². The van der Waals surface area contributed by atoms with Crippen LogP contribution in [0.4, 0.5) is 0 Å². The van der Waals surface area contributed by atoms with Crippen molar-refractivity contribution in [2.75, 3.05) is 32.7 Å². The molecule has 0 aliphatic carbocycles. The zero-order chi connectivity index (χ0) is 55.5. The number of nitrogens with two attached hydrogens (primary N) is 7. The van der Waals surface area contributed by atoms with Gasteiger partial charge in [0.05, 0.1) is 6.04 Å². The lowest BCUT2D eigenvalue weighted by Gasteiger charge is -2.30. The first-order chi connectivity index (χ1) is 34.6. The Morgan fingerprint density at radius 3 is 1.14 bits per heavy atom. The maximum atomic E-state index is 14.3. The predicted octanol–water partition coefficient (Wildman–Crippen LogP) is -2.68. The van der Waals surface area contributed by atoms with Crippen LogP contribution in [0.1, 0.15) is 143 Å². The molecule has 0 aromatic rings. The van der Waals surface area contributed by atoms with Crippen LogP contribution in [0.5, 0.6) is 0 Å². The van der Waals surface area contributed by atoms with Gasteiger partial charge in [0.1, 0.15) is 42.3 Å². The molecule has 0 aliphatic heterocycles. The second-order valence-corrected chi connectivity index (χ2v) is 18.8. The summed E-state index contributed by atoms with van der Waals surface area (Å²) in [6.07, 6.45) is 3.77. The maximum absolute atomic E-state index is 14.3. The zero-order valence-electron chi connectivity index (χ0n) is 43.6. The lowest BCUT2D eigenvalue weighted by Crippen LogP contribution is -2.61. The highest BCUT2D eigenvalue weighted by molar-refractivity contribution is 5.97. The molecule has 0 bridgehead atoms. The lowest BCUT2D eigenvalue weighted by molar-refractivity contribution is -0.143. The topological polar surface area (TPSA) is 473 Å². The Bertz CT molecular complexity index is 1740. The third-order valence-corrected chi connectivity index (χ3v) is 12.0. The van der Waals surface area contributed by atoms with Crippen molar-refractivity contribution in [2.24, 2.45) is 57.0 Å². The first-order valence-corrected chi connectivity index (χ1v) is 25.7. The van der Waals surface area contributed by atoms with Crippen molar-refractivity contribution in [3.05, 3.63) is 0 Å². The third kappa shape index (κ3) is 29.6. The number of nitrogens with one attached hydrogen (secondary N) is 7. The van der Waals surface area contributed by atoms with Gasteiger partial charge < -0.3 is 87.6 Å². The van der Waals surface area contributed by atoms with Gasteiger partial charge in [-0.2, -0.15) is 0 Å². The number of aliphatic carboxylic acids is 2. The summed E-state index contributed by atoms with van der Waals surface area (Å²) in [6, 6.07) is -9.86. The van der Waals surface area contributed by atoms with Crippen molar-refractivity contribution in [1.82, 2.24) is 37.2 Å². The van der Waals surface area contributed by atoms with Gasteiger partial charge in [0.2, 0.25) is 41.4 Å². The molecule has 0 heterocycles. The third-order valence-electron chi connectivity index (χ3n) is 12.0. The SMILES string of the molecule is CC[C@H](C)[C@H](NC(=O)[C@H](CCCN=C(N)N)NC(=O)[C@@H](N)CC(C)C)C(=O)N[C@@H](CCCCN)C(=O)N[C@@H](CCCCN)C(=O)N[C@@H](CCCCN)C(=O)N[C@@H](CCCCN)C(=O)N[C@@H](CCC(=O)O)C(=O)O. The quantitative estimate of drug-likeness (QED) is 0.0168. The Balaban J connectivity index is 6.81. The number of hydrogen-bond donors (Lipinski definition) is 16. The Kier molecular flexibility index (Phi) is 35.8. The highest BCUT2D eigenvalue weighted by Gasteiger charge is 2.35. The van der Waals surface area contributed by atoms with Gasteiger partial charge >= 0.3 is 11.9 Å². The molecule has 9 atom stereocenters. The average Bonchev–Trinajstić information content (AvgIpc) is 3.33. The van der Waals surface area contributed by atoms with E-state index < -0.39 is 120 Å².